The zero-order valence-corrected chi connectivity index (χ0v) is 15.9. The zero-order valence-electron chi connectivity index (χ0n) is 15.1. The second-order valence-electron chi connectivity index (χ2n) is 4.91. The molecule has 0 amide bonds. The summed E-state index contributed by atoms with van der Waals surface area (Å²) in [5.74, 6) is 0.615. The van der Waals surface area contributed by atoms with Gasteiger partial charge >= 0.3 is 5.97 Å². The molecule has 0 spiro atoms. The molecule has 0 N–H and O–H groups in total. The van der Waals surface area contributed by atoms with Crippen molar-refractivity contribution in [3.05, 3.63) is 29.3 Å². The van der Waals surface area contributed by atoms with E-state index in [1.165, 1.54) is 13.5 Å². The maximum Gasteiger partial charge on any atom is 0.347 e. The molecule has 1 aliphatic carbocycles. The fraction of sp³-hybridized carbons (Fsp3) is 0.632. The fourth-order valence-electron chi connectivity index (χ4n) is 2.55. The number of esters is 1. The molecule has 0 radical (unpaired) electrons. The van der Waals surface area contributed by atoms with Crippen molar-refractivity contribution < 1.29 is 14.3 Å². The van der Waals surface area contributed by atoms with Crippen LogP contribution in [0, 0.1) is 5.92 Å². The van der Waals surface area contributed by atoms with Crippen molar-refractivity contribution in [2.45, 2.75) is 65.9 Å². The van der Waals surface area contributed by atoms with Gasteiger partial charge < -0.3 is 9.47 Å². The molecule has 1 aromatic carbocycles. The summed E-state index contributed by atoms with van der Waals surface area (Å²) >= 11 is 5.84. The van der Waals surface area contributed by atoms with Crippen LogP contribution < -0.4 is 4.74 Å². The molecule has 1 aromatic rings. The Morgan fingerprint density at radius 2 is 1.57 bits per heavy atom. The van der Waals surface area contributed by atoms with Crippen molar-refractivity contribution in [3.63, 3.8) is 0 Å². The smallest absolute Gasteiger partial charge is 0.347 e. The largest absolute Gasteiger partial charge is 0.478 e. The molecule has 0 heterocycles. The van der Waals surface area contributed by atoms with Crippen molar-refractivity contribution in [2.24, 2.45) is 5.92 Å². The van der Waals surface area contributed by atoms with Crippen molar-refractivity contribution in [1.82, 2.24) is 0 Å². The Hall–Kier alpha value is -1.22. The highest BCUT2D eigenvalue weighted by atomic mass is 35.5. The second kappa shape index (κ2) is 13.2. The summed E-state index contributed by atoms with van der Waals surface area (Å²) in [6.45, 7) is 8.00. The SMILES string of the molecule is CC.CC.COC(=O)C(Oc1ccc(Cl)cc1)C1CCCCC1. The van der Waals surface area contributed by atoms with Gasteiger partial charge in [-0.15, -0.1) is 0 Å². The zero-order chi connectivity index (χ0) is 17.7. The number of ether oxygens (including phenoxy) is 2. The van der Waals surface area contributed by atoms with Gasteiger partial charge in [-0.25, -0.2) is 4.79 Å². The molecule has 0 aliphatic heterocycles. The van der Waals surface area contributed by atoms with E-state index < -0.39 is 6.10 Å². The van der Waals surface area contributed by atoms with Gasteiger partial charge in [-0.3, -0.25) is 0 Å². The van der Waals surface area contributed by atoms with Gasteiger partial charge in [0.2, 0.25) is 0 Å². The lowest BCUT2D eigenvalue weighted by molar-refractivity contribution is -0.152. The molecule has 3 nitrogen and oxygen atoms in total. The van der Waals surface area contributed by atoms with Gasteiger partial charge in [-0.05, 0) is 37.1 Å². The fourth-order valence-corrected chi connectivity index (χ4v) is 2.68. The first-order chi connectivity index (χ1) is 11.2. The third kappa shape index (κ3) is 7.74. The molecule has 132 valence electrons. The van der Waals surface area contributed by atoms with Crippen LogP contribution in [0.5, 0.6) is 5.75 Å². The van der Waals surface area contributed by atoms with E-state index in [1.807, 2.05) is 27.7 Å². The summed E-state index contributed by atoms with van der Waals surface area (Å²) in [4.78, 5) is 11.9. The highest BCUT2D eigenvalue weighted by Crippen LogP contribution is 2.30. The predicted octanol–water partition coefficient (Wildman–Crippen LogP) is 5.89. The minimum absolute atomic E-state index is 0.247. The van der Waals surface area contributed by atoms with Crippen molar-refractivity contribution in [2.75, 3.05) is 7.11 Å². The molecular formula is C19H31ClO3. The number of hydrogen-bond acceptors (Lipinski definition) is 3. The van der Waals surface area contributed by atoms with E-state index in [9.17, 15) is 4.79 Å². The lowest BCUT2D eigenvalue weighted by Gasteiger charge is -2.28. The number of hydrogen-bond donors (Lipinski definition) is 0. The van der Waals surface area contributed by atoms with Crippen LogP contribution in [0.15, 0.2) is 24.3 Å². The lowest BCUT2D eigenvalue weighted by Crippen LogP contribution is -2.37. The van der Waals surface area contributed by atoms with Gasteiger partial charge in [-0.2, -0.15) is 0 Å². The van der Waals surface area contributed by atoms with Crippen LogP contribution in [-0.4, -0.2) is 19.2 Å². The minimum Gasteiger partial charge on any atom is -0.478 e. The van der Waals surface area contributed by atoms with Crippen molar-refractivity contribution in [1.29, 1.82) is 0 Å². The highest BCUT2D eigenvalue weighted by Gasteiger charge is 2.32. The maximum atomic E-state index is 11.9. The molecule has 2 rings (SSSR count). The van der Waals surface area contributed by atoms with E-state index in [-0.39, 0.29) is 11.9 Å². The molecule has 1 unspecified atom stereocenters. The van der Waals surface area contributed by atoms with Crippen molar-refractivity contribution >= 4 is 17.6 Å². The van der Waals surface area contributed by atoms with Crippen molar-refractivity contribution in [3.8, 4) is 5.75 Å². The number of carbonyl (C=O) groups excluding carboxylic acids is 1. The van der Waals surface area contributed by atoms with Gasteiger partial charge in [0.15, 0.2) is 6.10 Å². The van der Waals surface area contributed by atoms with Crippen LogP contribution in [0.3, 0.4) is 0 Å². The van der Waals surface area contributed by atoms with Gasteiger partial charge in [0.1, 0.15) is 5.75 Å². The topological polar surface area (TPSA) is 35.5 Å². The molecule has 0 bridgehead atoms. The number of methoxy groups -OCH3 is 1. The third-order valence-electron chi connectivity index (χ3n) is 3.59. The first kappa shape index (κ1) is 21.8. The summed E-state index contributed by atoms with van der Waals surface area (Å²) < 4.78 is 10.7. The normalized spacial score (nSPS) is 15.2. The van der Waals surface area contributed by atoms with Gasteiger partial charge in [-0.1, -0.05) is 58.6 Å². The molecule has 23 heavy (non-hydrogen) atoms. The Morgan fingerprint density at radius 1 is 1.04 bits per heavy atom. The Kier molecular flexibility index (Phi) is 12.5. The second-order valence-corrected chi connectivity index (χ2v) is 5.35. The first-order valence-corrected chi connectivity index (χ1v) is 9.08. The quantitative estimate of drug-likeness (QED) is 0.639. The van der Waals surface area contributed by atoms with Crippen LogP contribution in [0.2, 0.25) is 5.02 Å². The molecule has 0 aromatic heterocycles. The lowest BCUT2D eigenvalue weighted by atomic mass is 9.85. The van der Waals surface area contributed by atoms with E-state index >= 15 is 0 Å². The number of halogens is 1. The maximum absolute atomic E-state index is 11.9. The number of benzene rings is 1. The van der Waals surface area contributed by atoms with E-state index in [4.69, 9.17) is 21.1 Å². The van der Waals surface area contributed by atoms with Gasteiger partial charge in [0.25, 0.3) is 0 Å². The molecular weight excluding hydrogens is 312 g/mol. The molecule has 4 heteroatoms. The molecule has 1 fully saturated rings. The van der Waals surface area contributed by atoms with Crippen LogP contribution in [0.25, 0.3) is 0 Å². The predicted molar refractivity (Wildman–Crippen MR) is 97.2 cm³/mol. The Labute approximate surface area is 146 Å². The molecule has 1 aliphatic rings. The Morgan fingerprint density at radius 3 is 2.04 bits per heavy atom. The van der Waals surface area contributed by atoms with Crippen LogP contribution in [0.4, 0.5) is 0 Å². The van der Waals surface area contributed by atoms with Gasteiger partial charge in [0.05, 0.1) is 7.11 Å². The van der Waals surface area contributed by atoms with Crippen LogP contribution in [-0.2, 0) is 9.53 Å². The van der Waals surface area contributed by atoms with Crippen LogP contribution >= 0.6 is 11.6 Å². The summed E-state index contributed by atoms with van der Waals surface area (Å²) in [6, 6.07) is 7.07. The minimum atomic E-state index is -0.508. The monoisotopic (exact) mass is 342 g/mol. The highest BCUT2D eigenvalue weighted by molar-refractivity contribution is 6.30. The average Bonchev–Trinajstić information content (AvgIpc) is 2.64. The Balaban J connectivity index is 0.00000112. The van der Waals surface area contributed by atoms with E-state index in [2.05, 4.69) is 0 Å². The third-order valence-corrected chi connectivity index (χ3v) is 3.84. The van der Waals surface area contributed by atoms with Gasteiger partial charge in [0, 0.05) is 10.9 Å². The average molecular weight is 343 g/mol. The first-order valence-electron chi connectivity index (χ1n) is 8.71. The van der Waals surface area contributed by atoms with E-state index in [0.717, 1.165) is 25.7 Å². The molecule has 0 saturated heterocycles. The number of carbonyl (C=O) groups is 1. The van der Waals surface area contributed by atoms with E-state index in [0.29, 0.717) is 10.8 Å². The summed E-state index contributed by atoms with van der Waals surface area (Å²) in [5.41, 5.74) is 0. The standard InChI is InChI=1S/C15H19ClO3.2C2H6/c1-18-15(17)14(11-5-3-2-4-6-11)19-13-9-7-12(16)8-10-13;2*1-2/h7-11,14H,2-6H2,1H3;2*1-2H3. The summed E-state index contributed by atoms with van der Waals surface area (Å²) in [5, 5.41) is 0.652. The summed E-state index contributed by atoms with van der Waals surface area (Å²) in [7, 11) is 1.41. The molecule has 1 atom stereocenters. The van der Waals surface area contributed by atoms with Crippen LogP contribution in [0.1, 0.15) is 59.8 Å². The summed E-state index contributed by atoms with van der Waals surface area (Å²) in [6.07, 6.45) is 5.09. The number of rotatable bonds is 4. The molecule has 1 saturated carbocycles. The van der Waals surface area contributed by atoms with E-state index in [1.54, 1.807) is 24.3 Å². The Bertz CT molecular complexity index is 411.